The lowest BCUT2D eigenvalue weighted by molar-refractivity contribution is 0.165. The number of nitrogens with one attached hydrogen (secondary N) is 1. The molecule has 1 heterocycles. The van der Waals surface area contributed by atoms with Crippen molar-refractivity contribution in [1.29, 1.82) is 0 Å². The second kappa shape index (κ2) is 7.26. The Morgan fingerprint density at radius 2 is 2.06 bits per heavy atom. The number of nitrogens with zero attached hydrogens (tertiary/aromatic N) is 1. The summed E-state index contributed by atoms with van der Waals surface area (Å²) in [5.41, 5.74) is 1.47. The Labute approximate surface area is 124 Å². The molecule has 2 nitrogen and oxygen atoms in total. The summed E-state index contributed by atoms with van der Waals surface area (Å²) in [6.07, 6.45) is 4.29. The van der Waals surface area contributed by atoms with Crippen molar-refractivity contribution >= 4 is 22.6 Å². The predicted molar refractivity (Wildman–Crippen MR) is 85.8 cm³/mol. The molecule has 18 heavy (non-hydrogen) atoms. The summed E-state index contributed by atoms with van der Waals surface area (Å²) in [4.78, 5) is 2.61. The van der Waals surface area contributed by atoms with Gasteiger partial charge in [0.05, 0.1) is 0 Å². The lowest BCUT2D eigenvalue weighted by Crippen LogP contribution is -2.45. The molecule has 0 spiro atoms. The third-order valence-electron chi connectivity index (χ3n) is 3.50. The molecule has 2 rings (SSSR count). The van der Waals surface area contributed by atoms with Crippen LogP contribution in [0.4, 0.5) is 0 Å². The van der Waals surface area contributed by atoms with Crippen LogP contribution in [0.15, 0.2) is 36.9 Å². The van der Waals surface area contributed by atoms with Crippen LogP contribution < -0.4 is 5.32 Å². The van der Waals surface area contributed by atoms with E-state index in [1.807, 2.05) is 6.08 Å². The fourth-order valence-electron chi connectivity index (χ4n) is 2.55. The van der Waals surface area contributed by atoms with Gasteiger partial charge in [0, 0.05) is 35.8 Å². The zero-order chi connectivity index (χ0) is 12.8. The Balaban J connectivity index is 2.18. The number of piperazine rings is 1. The summed E-state index contributed by atoms with van der Waals surface area (Å²) in [5.74, 6) is 0. The van der Waals surface area contributed by atoms with Crippen LogP contribution >= 0.6 is 22.6 Å². The minimum atomic E-state index is 0.540. The van der Waals surface area contributed by atoms with Crippen molar-refractivity contribution < 1.29 is 0 Å². The Bertz CT molecular complexity index is 386. The fraction of sp³-hybridized carbons (Fsp3) is 0.467. The first-order valence-electron chi connectivity index (χ1n) is 6.63. The van der Waals surface area contributed by atoms with E-state index in [2.05, 4.69) is 63.7 Å². The van der Waals surface area contributed by atoms with Crippen LogP contribution in [-0.2, 0) is 0 Å². The smallest absolute Gasteiger partial charge is 0.0362 e. The molecule has 0 bridgehead atoms. The van der Waals surface area contributed by atoms with Crippen LogP contribution in [0, 0.1) is 3.57 Å². The van der Waals surface area contributed by atoms with Gasteiger partial charge in [0.25, 0.3) is 0 Å². The number of benzene rings is 1. The van der Waals surface area contributed by atoms with Gasteiger partial charge in [-0.2, -0.15) is 0 Å². The van der Waals surface area contributed by atoms with Crippen molar-refractivity contribution in [2.75, 3.05) is 26.2 Å². The maximum Gasteiger partial charge on any atom is 0.0362 e. The average Bonchev–Trinajstić information content (AvgIpc) is 2.42. The molecule has 1 aliphatic rings. The molecule has 0 unspecified atom stereocenters. The summed E-state index contributed by atoms with van der Waals surface area (Å²) in [6.45, 7) is 8.36. The summed E-state index contributed by atoms with van der Waals surface area (Å²) in [6, 6.07) is 9.29. The van der Waals surface area contributed by atoms with Crippen molar-refractivity contribution in [3.63, 3.8) is 0 Å². The van der Waals surface area contributed by atoms with Gasteiger partial charge in [-0.15, -0.1) is 6.58 Å². The normalized spacial score (nSPS) is 18.5. The first kappa shape index (κ1) is 14.0. The van der Waals surface area contributed by atoms with E-state index in [0.717, 1.165) is 32.6 Å². The minimum Gasteiger partial charge on any atom is -0.314 e. The maximum absolute atomic E-state index is 3.86. The van der Waals surface area contributed by atoms with E-state index in [1.165, 1.54) is 15.6 Å². The van der Waals surface area contributed by atoms with E-state index in [4.69, 9.17) is 0 Å². The quantitative estimate of drug-likeness (QED) is 0.644. The highest BCUT2D eigenvalue weighted by Crippen LogP contribution is 2.29. The molecule has 1 saturated heterocycles. The van der Waals surface area contributed by atoms with Gasteiger partial charge >= 0.3 is 0 Å². The molecule has 3 heteroatoms. The largest absolute Gasteiger partial charge is 0.314 e. The van der Waals surface area contributed by atoms with Gasteiger partial charge in [0.1, 0.15) is 0 Å². The van der Waals surface area contributed by atoms with Gasteiger partial charge in [-0.3, -0.25) is 4.90 Å². The number of allylic oxidation sites excluding steroid dienone is 1. The highest BCUT2D eigenvalue weighted by atomic mass is 127. The zero-order valence-electron chi connectivity index (χ0n) is 10.7. The van der Waals surface area contributed by atoms with E-state index in [0.29, 0.717) is 6.04 Å². The summed E-state index contributed by atoms with van der Waals surface area (Å²) in [7, 11) is 0. The molecule has 0 radical (unpaired) electrons. The molecule has 1 aromatic carbocycles. The minimum absolute atomic E-state index is 0.540. The number of hydrogen-bond acceptors (Lipinski definition) is 2. The van der Waals surface area contributed by atoms with Gasteiger partial charge < -0.3 is 5.32 Å². The van der Waals surface area contributed by atoms with Crippen LogP contribution in [-0.4, -0.2) is 31.1 Å². The van der Waals surface area contributed by atoms with E-state index in [9.17, 15) is 0 Å². The lowest BCUT2D eigenvalue weighted by Gasteiger charge is -2.35. The van der Waals surface area contributed by atoms with Crippen LogP contribution in [0.25, 0.3) is 0 Å². The molecule has 0 aliphatic carbocycles. The average molecular weight is 356 g/mol. The molecule has 0 aromatic heterocycles. The maximum atomic E-state index is 3.86. The Hall–Kier alpha value is -0.390. The Morgan fingerprint density at radius 3 is 2.72 bits per heavy atom. The molecule has 1 aromatic rings. The van der Waals surface area contributed by atoms with Crippen molar-refractivity contribution in [1.82, 2.24) is 10.2 Å². The van der Waals surface area contributed by atoms with Crippen molar-refractivity contribution in [2.45, 2.75) is 18.9 Å². The summed E-state index contributed by atoms with van der Waals surface area (Å²) >= 11 is 2.46. The lowest BCUT2D eigenvalue weighted by atomic mass is 9.99. The Morgan fingerprint density at radius 1 is 1.33 bits per heavy atom. The van der Waals surface area contributed by atoms with Gasteiger partial charge in [0.15, 0.2) is 0 Å². The number of halogens is 1. The van der Waals surface area contributed by atoms with Crippen molar-refractivity contribution in [2.24, 2.45) is 0 Å². The monoisotopic (exact) mass is 356 g/mol. The van der Waals surface area contributed by atoms with E-state index in [-0.39, 0.29) is 0 Å². The van der Waals surface area contributed by atoms with Gasteiger partial charge in [-0.25, -0.2) is 0 Å². The second-order valence-electron chi connectivity index (χ2n) is 4.69. The summed E-state index contributed by atoms with van der Waals surface area (Å²) in [5, 5.41) is 3.43. The molecular formula is C15H21IN2. The molecule has 1 aliphatic heterocycles. The second-order valence-corrected chi connectivity index (χ2v) is 5.85. The molecule has 0 saturated carbocycles. The topological polar surface area (TPSA) is 15.3 Å². The molecule has 98 valence electrons. The molecule has 1 fully saturated rings. The van der Waals surface area contributed by atoms with Crippen LogP contribution in [0.5, 0.6) is 0 Å². The predicted octanol–water partition coefficient (Wildman–Crippen LogP) is 3.20. The first-order valence-corrected chi connectivity index (χ1v) is 7.71. The van der Waals surface area contributed by atoms with E-state index in [1.54, 1.807) is 0 Å². The third-order valence-corrected chi connectivity index (χ3v) is 4.48. The number of hydrogen-bond donors (Lipinski definition) is 1. The van der Waals surface area contributed by atoms with Gasteiger partial charge in [-0.1, -0.05) is 24.3 Å². The fourth-order valence-corrected chi connectivity index (χ4v) is 3.30. The molecule has 1 N–H and O–H groups in total. The Kier molecular flexibility index (Phi) is 5.66. The highest BCUT2D eigenvalue weighted by molar-refractivity contribution is 14.1. The summed E-state index contributed by atoms with van der Waals surface area (Å²) < 4.78 is 1.38. The van der Waals surface area contributed by atoms with Crippen LogP contribution in [0.2, 0.25) is 0 Å². The van der Waals surface area contributed by atoms with Crippen LogP contribution in [0.3, 0.4) is 0 Å². The SMILES string of the molecule is C=CCC[C@@H](c1ccccc1I)N1CCNCC1. The van der Waals surface area contributed by atoms with Crippen LogP contribution in [0.1, 0.15) is 24.4 Å². The van der Waals surface area contributed by atoms with Gasteiger partial charge in [-0.05, 0) is 47.1 Å². The standard InChI is InChI=1S/C15H21IN2/c1-2-3-8-15(18-11-9-17-10-12-18)13-6-4-5-7-14(13)16/h2,4-7,15,17H,1,3,8-12H2/t15-/m0/s1. The van der Waals surface area contributed by atoms with Gasteiger partial charge in [0.2, 0.25) is 0 Å². The van der Waals surface area contributed by atoms with E-state index < -0.39 is 0 Å². The number of rotatable bonds is 5. The zero-order valence-corrected chi connectivity index (χ0v) is 12.9. The molecule has 1 atom stereocenters. The third kappa shape index (κ3) is 3.56. The first-order chi connectivity index (χ1) is 8.83. The molecular weight excluding hydrogens is 335 g/mol. The molecule has 0 amide bonds. The van der Waals surface area contributed by atoms with E-state index >= 15 is 0 Å². The van der Waals surface area contributed by atoms with Crippen molar-refractivity contribution in [3.05, 3.63) is 46.1 Å². The highest BCUT2D eigenvalue weighted by Gasteiger charge is 2.22. The van der Waals surface area contributed by atoms with Crippen molar-refractivity contribution in [3.8, 4) is 0 Å².